The Labute approximate surface area is 147 Å². The smallest absolute Gasteiger partial charge is 0.248 e. The number of anilines is 1. The summed E-state index contributed by atoms with van der Waals surface area (Å²) in [5, 5.41) is 0.587. The lowest BCUT2D eigenvalue weighted by atomic mass is 10.1. The number of likely N-dealkylation sites (N-methyl/N-ethyl adjacent to an activating group) is 1. The molecule has 3 amide bonds. The van der Waals surface area contributed by atoms with Crippen LogP contribution in [0.2, 0.25) is 5.02 Å². The van der Waals surface area contributed by atoms with E-state index in [2.05, 4.69) is 0 Å². The summed E-state index contributed by atoms with van der Waals surface area (Å²) in [4.78, 5) is 41.0. The summed E-state index contributed by atoms with van der Waals surface area (Å²) in [5.41, 5.74) is 0.698. The summed E-state index contributed by atoms with van der Waals surface area (Å²) >= 11 is 5.85. The number of hydrogen-bond acceptors (Lipinski definition) is 3. The minimum atomic E-state index is -0.237. The van der Waals surface area contributed by atoms with Crippen LogP contribution in [0.3, 0.4) is 0 Å². The van der Waals surface area contributed by atoms with Crippen molar-refractivity contribution in [2.24, 2.45) is 5.92 Å². The van der Waals surface area contributed by atoms with Gasteiger partial charge in [0.25, 0.3) is 0 Å². The number of benzene rings is 1. The van der Waals surface area contributed by atoms with E-state index >= 15 is 0 Å². The van der Waals surface area contributed by atoms with E-state index in [0.717, 1.165) is 6.42 Å². The quantitative estimate of drug-likeness (QED) is 0.815. The molecule has 1 aliphatic heterocycles. The normalized spacial score (nSPS) is 15.6. The van der Waals surface area contributed by atoms with Gasteiger partial charge in [-0.1, -0.05) is 25.4 Å². The SMILES string of the molecule is CC[C@H](C)C(=O)N(C)CC(=O)N1CC(=O)N(c2ccc(Cl)cc2)C1. The van der Waals surface area contributed by atoms with E-state index in [0.29, 0.717) is 10.7 Å². The maximum absolute atomic E-state index is 12.4. The van der Waals surface area contributed by atoms with Crippen molar-refractivity contribution in [1.29, 1.82) is 0 Å². The molecule has 2 rings (SSSR count). The molecule has 1 aliphatic rings. The third-order valence-electron chi connectivity index (χ3n) is 4.21. The largest absolute Gasteiger partial charge is 0.336 e. The van der Waals surface area contributed by atoms with Gasteiger partial charge in [-0.3, -0.25) is 19.3 Å². The molecule has 130 valence electrons. The van der Waals surface area contributed by atoms with Gasteiger partial charge in [0.2, 0.25) is 17.7 Å². The van der Waals surface area contributed by atoms with Gasteiger partial charge in [-0.2, -0.15) is 0 Å². The van der Waals surface area contributed by atoms with E-state index in [1.54, 1.807) is 31.3 Å². The van der Waals surface area contributed by atoms with Crippen molar-refractivity contribution >= 4 is 35.0 Å². The molecule has 1 heterocycles. The second kappa shape index (κ2) is 7.66. The zero-order valence-electron chi connectivity index (χ0n) is 14.2. The van der Waals surface area contributed by atoms with Crippen LogP contribution in [0, 0.1) is 5.92 Å². The fourth-order valence-electron chi connectivity index (χ4n) is 2.49. The molecule has 0 spiro atoms. The zero-order chi connectivity index (χ0) is 17.9. The van der Waals surface area contributed by atoms with Crippen molar-refractivity contribution in [3.05, 3.63) is 29.3 Å². The summed E-state index contributed by atoms with van der Waals surface area (Å²) in [5.74, 6) is -0.569. The molecule has 1 saturated heterocycles. The van der Waals surface area contributed by atoms with Crippen LogP contribution < -0.4 is 4.90 Å². The lowest BCUT2D eigenvalue weighted by Crippen LogP contribution is -2.42. The number of amides is 3. The molecule has 0 unspecified atom stereocenters. The molecule has 0 aliphatic carbocycles. The second-order valence-electron chi connectivity index (χ2n) is 6.03. The van der Waals surface area contributed by atoms with Gasteiger partial charge in [0, 0.05) is 23.7 Å². The second-order valence-corrected chi connectivity index (χ2v) is 6.47. The summed E-state index contributed by atoms with van der Waals surface area (Å²) in [6, 6.07) is 6.89. The molecule has 1 aromatic rings. The predicted molar refractivity (Wildman–Crippen MR) is 92.6 cm³/mol. The third-order valence-corrected chi connectivity index (χ3v) is 4.46. The van der Waals surface area contributed by atoms with Gasteiger partial charge in [-0.05, 0) is 30.7 Å². The lowest BCUT2D eigenvalue weighted by molar-refractivity contribution is -0.141. The van der Waals surface area contributed by atoms with E-state index in [-0.39, 0.29) is 43.4 Å². The van der Waals surface area contributed by atoms with Crippen LogP contribution >= 0.6 is 11.6 Å². The van der Waals surface area contributed by atoms with Gasteiger partial charge >= 0.3 is 0 Å². The Morgan fingerprint density at radius 1 is 1.29 bits per heavy atom. The first kappa shape index (κ1) is 18.3. The number of carbonyl (C=O) groups excluding carboxylic acids is 3. The fraction of sp³-hybridized carbons (Fsp3) is 0.471. The van der Waals surface area contributed by atoms with Crippen LogP contribution in [0.15, 0.2) is 24.3 Å². The Morgan fingerprint density at radius 3 is 2.50 bits per heavy atom. The van der Waals surface area contributed by atoms with Crippen LogP contribution in [-0.2, 0) is 14.4 Å². The van der Waals surface area contributed by atoms with Crippen LogP contribution in [0.1, 0.15) is 20.3 Å². The van der Waals surface area contributed by atoms with Gasteiger partial charge in [-0.25, -0.2) is 0 Å². The molecule has 1 atom stereocenters. The van der Waals surface area contributed by atoms with E-state index < -0.39 is 0 Å². The zero-order valence-corrected chi connectivity index (χ0v) is 14.9. The predicted octanol–water partition coefficient (Wildman–Crippen LogP) is 1.98. The van der Waals surface area contributed by atoms with E-state index in [1.165, 1.54) is 14.7 Å². The van der Waals surface area contributed by atoms with Crippen LogP contribution in [0.4, 0.5) is 5.69 Å². The van der Waals surface area contributed by atoms with E-state index in [4.69, 9.17) is 11.6 Å². The number of hydrogen-bond donors (Lipinski definition) is 0. The van der Waals surface area contributed by atoms with Crippen LogP contribution in [0.5, 0.6) is 0 Å². The van der Waals surface area contributed by atoms with Crippen molar-refractivity contribution in [3.63, 3.8) is 0 Å². The van der Waals surface area contributed by atoms with Crippen LogP contribution in [0.25, 0.3) is 0 Å². The Balaban J connectivity index is 1.98. The minimum absolute atomic E-state index is 0.0207. The molecule has 1 fully saturated rings. The molecular weight excluding hydrogens is 330 g/mol. The average Bonchev–Trinajstić information content (AvgIpc) is 2.96. The van der Waals surface area contributed by atoms with Crippen molar-refractivity contribution in [1.82, 2.24) is 9.80 Å². The Morgan fingerprint density at radius 2 is 1.92 bits per heavy atom. The summed E-state index contributed by atoms with van der Waals surface area (Å²) in [7, 11) is 1.61. The average molecular weight is 352 g/mol. The minimum Gasteiger partial charge on any atom is -0.336 e. The van der Waals surface area contributed by atoms with Crippen molar-refractivity contribution in [3.8, 4) is 0 Å². The van der Waals surface area contributed by atoms with Gasteiger partial charge in [0.1, 0.15) is 13.2 Å². The molecule has 0 aromatic heterocycles. The van der Waals surface area contributed by atoms with Gasteiger partial charge in [-0.15, -0.1) is 0 Å². The standard InChI is InChI=1S/C17H22ClN3O3/c1-4-12(2)17(24)19(3)9-15(22)20-10-16(23)21(11-20)14-7-5-13(18)6-8-14/h5-8,12H,4,9-11H2,1-3H3/t12-/m0/s1. The summed E-state index contributed by atoms with van der Waals surface area (Å²) in [6.07, 6.45) is 0.726. The number of halogens is 1. The van der Waals surface area contributed by atoms with Gasteiger partial charge < -0.3 is 9.80 Å². The third kappa shape index (κ3) is 4.06. The van der Waals surface area contributed by atoms with Crippen molar-refractivity contribution < 1.29 is 14.4 Å². The molecule has 6 nitrogen and oxygen atoms in total. The molecular formula is C17H22ClN3O3. The van der Waals surface area contributed by atoms with Crippen molar-refractivity contribution in [2.45, 2.75) is 20.3 Å². The lowest BCUT2D eigenvalue weighted by Gasteiger charge is -2.23. The Hall–Kier alpha value is -2.08. The molecule has 1 aromatic carbocycles. The monoisotopic (exact) mass is 351 g/mol. The molecule has 0 saturated carbocycles. The molecule has 0 bridgehead atoms. The van der Waals surface area contributed by atoms with Crippen molar-refractivity contribution in [2.75, 3.05) is 31.7 Å². The molecule has 0 N–H and O–H groups in total. The topological polar surface area (TPSA) is 60.9 Å². The molecule has 0 radical (unpaired) electrons. The Bertz CT molecular complexity index is 632. The number of carbonyl (C=O) groups is 3. The number of nitrogens with zero attached hydrogens (tertiary/aromatic N) is 3. The summed E-state index contributed by atoms with van der Waals surface area (Å²) < 4.78 is 0. The Kier molecular flexibility index (Phi) is 5.83. The highest BCUT2D eigenvalue weighted by Gasteiger charge is 2.32. The van der Waals surface area contributed by atoms with Gasteiger partial charge in [0.05, 0.1) is 6.54 Å². The molecule has 7 heteroatoms. The first-order valence-electron chi connectivity index (χ1n) is 7.92. The fourth-order valence-corrected chi connectivity index (χ4v) is 2.62. The number of rotatable bonds is 5. The highest BCUT2D eigenvalue weighted by Crippen LogP contribution is 2.21. The highest BCUT2D eigenvalue weighted by atomic mass is 35.5. The van der Waals surface area contributed by atoms with E-state index in [1.807, 2.05) is 13.8 Å². The van der Waals surface area contributed by atoms with E-state index in [9.17, 15) is 14.4 Å². The highest BCUT2D eigenvalue weighted by molar-refractivity contribution is 6.30. The van der Waals surface area contributed by atoms with Gasteiger partial charge in [0.15, 0.2) is 0 Å². The first-order chi connectivity index (χ1) is 11.3. The maximum Gasteiger partial charge on any atom is 0.248 e. The molecule has 24 heavy (non-hydrogen) atoms. The summed E-state index contributed by atoms with van der Waals surface area (Å²) in [6.45, 7) is 3.95. The maximum atomic E-state index is 12.4. The van der Waals surface area contributed by atoms with Crippen LogP contribution in [-0.4, -0.2) is 54.3 Å². The first-order valence-corrected chi connectivity index (χ1v) is 8.30.